The van der Waals surface area contributed by atoms with Crippen LogP contribution in [0.25, 0.3) is 11.5 Å². The number of rotatable bonds is 7. The topological polar surface area (TPSA) is 86.5 Å². The minimum Gasteiger partial charge on any atom is -0.493 e. The van der Waals surface area contributed by atoms with Gasteiger partial charge in [-0.05, 0) is 36.4 Å². The summed E-state index contributed by atoms with van der Waals surface area (Å²) in [6.45, 7) is 0. The van der Waals surface area contributed by atoms with E-state index in [0.29, 0.717) is 38.9 Å². The molecule has 27 heavy (non-hydrogen) atoms. The smallest absolute Gasteiger partial charge is 0.277 e. The van der Waals surface area contributed by atoms with Crippen molar-refractivity contribution in [3.8, 4) is 23.0 Å². The van der Waals surface area contributed by atoms with E-state index in [0.717, 1.165) is 11.8 Å². The summed E-state index contributed by atoms with van der Waals surface area (Å²) in [4.78, 5) is 12.0. The average Bonchev–Trinajstić information content (AvgIpc) is 3.15. The van der Waals surface area contributed by atoms with E-state index in [4.69, 9.17) is 25.5 Å². The number of benzene rings is 2. The molecule has 1 aromatic heterocycles. The minimum absolute atomic E-state index is 0.125. The molecule has 0 aliphatic carbocycles. The number of hydrogen-bond donors (Lipinski definition) is 1. The van der Waals surface area contributed by atoms with Crippen LogP contribution in [0.15, 0.2) is 52.1 Å². The first-order valence-corrected chi connectivity index (χ1v) is 9.19. The highest BCUT2D eigenvalue weighted by molar-refractivity contribution is 7.99. The summed E-state index contributed by atoms with van der Waals surface area (Å²) in [6.07, 6.45) is 0. The van der Waals surface area contributed by atoms with Crippen molar-refractivity contribution in [3.63, 3.8) is 0 Å². The van der Waals surface area contributed by atoms with Gasteiger partial charge in [-0.3, -0.25) is 4.79 Å². The van der Waals surface area contributed by atoms with E-state index in [1.54, 1.807) is 56.7 Å². The summed E-state index contributed by atoms with van der Waals surface area (Å²) in [5, 5.41) is 11.6. The molecule has 3 rings (SSSR count). The van der Waals surface area contributed by atoms with Gasteiger partial charge in [-0.2, -0.15) is 0 Å². The van der Waals surface area contributed by atoms with Crippen molar-refractivity contribution in [3.05, 3.63) is 47.5 Å². The molecule has 0 saturated carbocycles. The van der Waals surface area contributed by atoms with Crippen LogP contribution < -0.4 is 14.8 Å². The molecule has 1 amide bonds. The van der Waals surface area contributed by atoms with Crippen molar-refractivity contribution in [2.75, 3.05) is 25.3 Å². The molecule has 0 aliphatic heterocycles. The van der Waals surface area contributed by atoms with Gasteiger partial charge in [0.15, 0.2) is 11.5 Å². The average molecular weight is 406 g/mol. The van der Waals surface area contributed by atoms with Gasteiger partial charge in [0.2, 0.25) is 11.8 Å². The van der Waals surface area contributed by atoms with E-state index in [9.17, 15) is 4.79 Å². The van der Waals surface area contributed by atoms with Crippen LogP contribution in [0.4, 0.5) is 5.69 Å². The van der Waals surface area contributed by atoms with E-state index in [1.165, 1.54) is 0 Å². The molecule has 0 unspecified atom stereocenters. The van der Waals surface area contributed by atoms with Crippen LogP contribution >= 0.6 is 23.4 Å². The van der Waals surface area contributed by atoms with Crippen molar-refractivity contribution < 1.29 is 18.7 Å². The number of methoxy groups -OCH3 is 2. The fraction of sp³-hybridized carbons (Fsp3) is 0.167. The summed E-state index contributed by atoms with van der Waals surface area (Å²) in [5.41, 5.74) is 1.32. The molecule has 7 nitrogen and oxygen atoms in total. The Labute approximate surface area is 165 Å². The maximum atomic E-state index is 12.0. The van der Waals surface area contributed by atoms with Crippen LogP contribution in [0.5, 0.6) is 11.5 Å². The Morgan fingerprint density at radius 1 is 1.15 bits per heavy atom. The molecule has 2 aromatic carbocycles. The van der Waals surface area contributed by atoms with Gasteiger partial charge in [0.25, 0.3) is 5.22 Å². The molecular formula is C18H16ClN3O4S. The van der Waals surface area contributed by atoms with Crippen LogP contribution in [0, 0.1) is 0 Å². The zero-order valence-corrected chi connectivity index (χ0v) is 16.1. The lowest BCUT2D eigenvalue weighted by atomic mass is 10.2. The number of aromatic nitrogens is 2. The number of halogens is 1. The predicted molar refractivity (Wildman–Crippen MR) is 104 cm³/mol. The second-order valence-electron chi connectivity index (χ2n) is 5.29. The molecule has 9 heteroatoms. The van der Waals surface area contributed by atoms with Crippen molar-refractivity contribution in [2.24, 2.45) is 0 Å². The third-order valence-corrected chi connectivity index (χ3v) is 4.53. The summed E-state index contributed by atoms with van der Waals surface area (Å²) in [6, 6.07) is 12.2. The van der Waals surface area contributed by atoms with Gasteiger partial charge in [0.1, 0.15) is 0 Å². The van der Waals surface area contributed by atoms with Gasteiger partial charge >= 0.3 is 0 Å². The van der Waals surface area contributed by atoms with Crippen LogP contribution in [0.2, 0.25) is 5.02 Å². The summed E-state index contributed by atoms with van der Waals surface area (Å²) < 4.78 is 16.1. The number of ether oxygens (including phenoxy) is 2. The van der Waals surface area contributed by atoms with E-state index in [-0.39, 0.29) is 11.7 Å². The zero-order chi connectivity index (χ0) is 19.2. The third kappa shape index (κ3) is 4.93. The van der Waals surface area contributed by atoms with Gasteiger partial charge in [0, 0.05) is 16.3 Å². The Hall–Kier alpha value is -2.71. The highest BCUT2D eigenvalue weighted by Gasteiger charge is 2.14. The maximum Gasteiger partial charge on any atom is 0.277 e. The Kier molecular flexibility index (Phi) is 6.20. The number of amides is 1. The van der Waals surface area contributed by atoms with Gasteiger partial charge < -0.3 is 19.2 Å². The van der Waals surface area contributed by atoms with Gasteiger partial charge in [-0.15, -0.1) is 10.2 Å². The first-order chi connectivity index (χ1) is 13.1. The first kappa shape index (κ1) is 19.1. The summed E-state index contributed by atoms with van der Waals surface area (Å²) >= 11 is 7.04. The molecule has 1 heterocycles. The van der Waals surface area contributed by atoms with E-state index in [2.05, 4.69) is 15.5 Å². The van der Waals surface area contributed by atoms with Crippen molar-refractivity contribution in [2.45, 2.75) is 5.22 Å². The Balaban J connectivity index is 1.62. The number of anilines is 1. The number of nitrogens with one attached hydrogen (secondary N) is 1. The van der Waals surface area contributed by atoms with Gasteiger partial charge in [-0.25, -0.2) is 0 Å². The van der Waals surface area contributed by atoms with E-state index in [1.807, 2.05) is 0 Å². The van der Waals surface area contributed by atoms with E-state index < -0.39 is 0 Å². The summed E-state index contributed by atoms with van der Waals surface area (Å²) in [5.74, 6) is 1.42. The molecule has 0 aliphatic rings. The lowest BCUT2D eigenvalue weighted by Crippen LogP contribution is -2.13. The second-order valence-corrected chi connectivity index (χ2v) is 6.65. The van der Waals surface area contributed by atoms with Gasteiger partial charge in [0.05, 0.1) is 20.0 Å². The fourth-order valence-electron chi connectivity index (χ4n) is 2.24. The molecule has 0 fully saturated rings. The standard InChI is InChI=1S/C18H16ClN3O4S/c1-24-14-7-6-11(8-15(14)25-2)17-21-22-18(26-17)27-10-16(23)20-13-5-3-4-12(19)9-13/h3-9H,10H2,1-2H3,(H,20,23). The Morgan fingerprint density at radius 3 is 2.70 bits per heavy atom. The van der Waals surface area contributed by atoms with Crippen LogP contribution in [-0.2, 0) is 4.79 Å². The number of hydrogen-bond acceptors (Lipinski definition) is 7. The highest BCUT2D eigenvalue weighted by Crippen LogP contribution is 2.32. The molecule has 0 radical (unpaired) electrons. The number of nitrogens with zero attached hydrogens (tertiary/aromatic N) is 2. The van der Waals surface area contributed by atoms with Crippen molar-refractivity contribution >= 4 is 35.0 Å². The molecule has 3 aromatic rings. The Morgan fingerprint density at radius 2 is 1.96 bits per heavy atom. The lowest BCUT2D eigenvalue weighted by Gasteiger charge is -2.07. The molecule has 0 spiro atoms. The normalized spacial score (nSPS) is 10.5. The Bertz CT molecular complexity index is 948. The zero-order valence-electron chi connectivity index (χ0n) is 14.6. The predicted octanol–water partition coefficient (Wildman–Crippen LogP) is 4.14. The number of carbonyl (C=O) groups excluding carboxylic acids is 1. The lowest BCUT2D eigenvalue weighted by molar-refractivity contribution is -0.113. The second kappa shape index (κ2) is 8.79. The first-order valence-electron chi connectivity index (χ1n) is 7.83. The van der Waals surface area contributed by atoms with Gasteiger partial charge in [-0.1, -0.05) is 29.4 Å². The number of thioether (sulfide) groups is 1. The maximum absolute atomic E-state index is 12.0. The van der Waals surface area contributed by atoms with Crippen LogP contribution in [-0.4, -0.2) is 36.1 Å². The molecule has 0 bridgehead atoms. The molecule has 0 atom stereocenters. The van der Waals surface area contributed by atoms with Crippen LogP contribution in [0.3, 0.4) is 0 Å². The SMILES string of the molecule is COc1ccc(-c2nnc(SCC(=O)Nc3cccc(Cl)c3)o2)cc1OC. The molecule has 140 valence electrons. The largest absolute Gasteiger partial charge is 0.493 e. The summed E-state index contributed by atoms with van der Waals surface area (Å²) in [7, 11) is 3.11. The monoisotopic (exact) mass is 405 g/mol. The van der Waals surface area contributed by atoms with Crippen molar-refractivity contribution in [1.82, 2.24) is 10.2 Å². The molecule has 0 saturated heterocycles. The van der Waals surface area contributed by atoms with Crippen LogP contribution in [0.1, 0.15) is 0 Å². The number of carbonyl (C=O) groups is 1. The van der Waals surface area contributed by atoms with Crippen molar-refractivity contribution in [1.29, 1.82) is 0 Å². The quantitative estimate of drug-likeness (QED) is 0.591. The molecule has 1 N–H and O–H groups in total. The fourth-order valence-corrected chi connectivity index (χ4v) is 3.00. The minimum atomic E-state index is -0.201. The van der Waals surface area contributed by atoms with E-state index >= 15 is 0 Å². The molecular weight excluding hydrogens is 390 g/mol. The highest BCUT2D eigenvalue weighted by atomic mass is 35.5. The third-order valence-electron chi connectivity index (χ3n) is 3.47.